The summed E-state index contributed by atoms with van der Waals surface area (Å²) in [4.78, 5) is 7.87. The molecule has 0 saturated carbocycles. The number of nitrogens with one attached hydrogen (secondary N) is 3. The number of allylic oxidation sites excluding steroid dienone is 2. The third-order valence-electron chi connectivity index (χ3n) is 7.31. The molecule has 2 aromatic heterocycles. The predicted molar refractivity (Wildman–Crippen MR) is 142 cm³/mol. The number of anilines is 3. The topological polar surface area (TPSA) is 93.2 Å². The zero-order chi connectivity index (χ0) is 24.4. The van der Waals surface area contributed by atoms with Gasteiger partial charge >= 0.3 is 0 Å². The summed E-state index contributed by atoms with van der Waals surface area (Å²) in [5.41, 5.74) is 11.8. The molecule has 2 aliphatic carbocycles. The van der Waals surface area contributed by atoms with Crippen molar-refractivity contribution in [3.8, 4) is 0 Å². The zero-order valence-corrected chi connectivity index (χ0v) is 20.7. The highest BCUT2D eigenvalue weighted by atomic mass is 16.3. The van der Waals surface area contributed by atoms with Crippen LogP contribution >= 0.6 is 0 Å². The lowest BCUT2D eigenvalue weighted by Crippen LogP contribution is -2.08. The number of fused-ring (bicyclic) bond motifs is 2. The van der Waals surface area contributed by atoms with Gasteiger partial charge in [-0.05, 0) is 111 Å². The summed E-state index contributed by atoms with van der Waals surface area (Å²) in [5, 5.41) is 26.9. The van der Waals surface area contributed by atoms with E-state index in [-0.39, 0.29) is 6.10 Å². The molecule has 2 atom stereocenters. The summed E-state index contributed by atoms with van der Waals surface area (Å²) in [6, 6.07) is 8.39. The van der Waals surface area contributed by atoms with E-state index < -0.39 is 6.10 Å². The first kappa shape index (κ1) is 23.6. The van der Waals surface area contributed by atoms with E-state index in [1.807, 2.05) is 13.0 Å². The lowest BCUT2D eigenvalue weighted by Gasteiger charge is -2.17. The molecule has 0 spiro atoms. The first-order valence-corrected chi connectivity index (χ1v) is 12.8. The third kappa shape index (κ3) is 5.14. The van der Waals surface area contributed by atoms with Crippen LogP contribution in [0.1, 0.15) is 72.4 Å². The number of nitrogens with zero attached hydrogens (tertiary/aromatic N) is 1. The summed E-state index contributed by atoms with van der Waals surface area (Å²) in [6.07, 6.45) is 12.0. The van der Waals surface area contributed by atoms with E-state index in [4.69, 9.17) is 0 Å². The van der Waals surface area contributed by atoms with Crippen molar-refractivity contribution in [1.82, 2.24) is 9.97 Å². The van der Waals surface area contributed by atoms with Crippen LogP contribution in [0.5, 0.6) is 0 Å². The number of hydrogen-bond donors (Lipinski definition) is 5. The van der Waals surface area contributed by atoms with Crippen molar-refractivity contribution in [2.24, 2.45) is 0 Å². The number of aliphatic hydroxyl groups is 2. The molecule has 2 aliphatic rings. The Labute approximate surface area is 207 Å². The Kier molecular flexibility index (Phi) is 6.93. The molecule has 2 heterocycles. The number of H-pyrrole nitrogens is 1. The van der Waals surface area contributed by atoms with Gasteiger partial charge in [-0.1, -0.05) is 6.08 Å². The second kappa shape index (κ2) is 10.3. The summed E-state index contributed by atoms with van der Waals surface area (Å²) in [7, 11) is 0. The van der Waals surface area contributed by atoms with Gasteiger partial charge in [0.05, 0.1) is 17.9 Å². The minimum atomic E-state index is -0.447. The van der Waals surface area contributed by atoms with E-state index >= 15 is 0 Å². The van der Waals surface area contributed by atoms with Crippen LogP contribution < -0.4 is 10.6 Å². The molecular weight excluding hydrogens is 436 g/mol. The molecular formula is C29H36N4O2. The fourth-order valence-electron chi connectivity index (χ4n) is 5.39. The number of pyridine rings is 1. The van der Waals surface area contributed by atoms with Gasteiger partial charge < -0.3 is 25.8 Å². The van der Waals surface area contributed by atoms with E-state index in [1.54, 1.807) is 6.20 Å². The molecule has 3 aromatic rings. The Morgan fingerprint density at radius 1 is 1.14 bits per heavy atom. The largest absolute Gasteiger partial charge is 0.393 e. The Hall–Kier alpha value is -3.09. The van der Waals surface area contributed by atoms with Crippen molar-refractivity contribution in [3.05, 3.63) is 76.4 Å². The van der Waals surface area contributed by atoms with Gasteiger partial charge in [0.2, 0.25) is 0 Å². The number of aromatic nitrogens is 2. The number of aromatic amines is 1. The van der Waals surface area contributed by atoms with E-state index in [1.165, 1.54) is 28.0 Å². The highest BCUT2D eigenvalue weighted by molar-refractivity contribution is 5.70. The lowest BCUT2D eigenvalue weighted by molar-refractivity contribution is 0.176. The van der Waals surface area contributed by atoms with Gasteiger partial charge in [-0.15, -0.1) is 0 Å². The number of aryl methyl sites for hydroxylation is 1. The van der Waals surface area contributed by atoms with Crippen LogP contribution in [0.4, 0.5) is 17.1 Å². The monoisotopic (exact) mass is 472 g/mol. The number of hydrogen-bond acceptors (Lipinski definition) is 5. The molecule has 6 heteroatoms. The van der Waals surface area contributed by atoms with E-state index in [0.717, 1.165) is 79.8 Å². The minimum absolute atomic E-state index is 0.261. The number of aliphatic hydroxyl groups excluding tert-OH is 2. The fraction of sp³-hybridized carbons (Fsp3) is 0.414. The van der Waals surface area contributed by atoms with Crippen molar-refractivity contribution < 1.29 is 10.2 Å². The average molecular weight is 473 g/mol. The normalized spacial score (nSPS) is 17.5. The molecule has 0 bridgehead atoms. The number of rotatable bonds is 9. The molecule has 5 N–H and O–H groups in total. The maximum Gasteiger partial charge on any atom is 0.0966 e. The molecule has 5 rings (SSSR count). The van der Waals surface area contributed by atoms with Crippen LogP contribution in [-0.2, 0) is 19.3 Å². The zero-order valence-electron chi connectivity index (χ0n) is 20.7. The molecule has 0 radical (unpaired) electrons. The Morgan fingerprint density at radius 2 is 2.03 bits per heavy atom. The highest BCUT2D eigenvalue weighted by Crippen LogP contribution is 2.36. The molecule has 0 amide bonds. The summed E-state index contributed by atoms with van der Waals surface area (Å²) >= 11 is 0. The van der Waals surface area contributed by atoms with Crippen LogP contribution in [0.15, 0.2) is 42.7 Å². The van der Waals surface area contributed by atoms with Crippen molar-refractivity contribution in [3.63, 3.8) is 0 Å². The molecule has 0 saturated heterocycles. The van der Waals surface area contributed by atoms with Crippen LogP contribution in [0, 0.1) is 6.92 Å². The fourth-order valence-corrected chi connectivity index (χ4v) is 5.39. The van der Waals surface area contributed by atoms with Crippen molar-refractivity contribution in [2.45, 2.75) is 71.0 Å². The Bertz CT molecular complexity index is 1230. The van der Waals surface area contributed by atoms with Crippen molar-refractivity contribution in [1.29, 1.82) is 0 Å². The molecule has 0 fully saturated rings. The molecule has 184 valence electrons. The van der Waals surface area contributed by atoms with Crippen molar-refractivity contribution >= 4 is 22.6 Å². The van der Waals surface area contributed by atoms with Crippen molar-refractivity contribution in [2.75, 3.05) is 17.2 Å². The Morgan fingerprint density at radius 3 is 2.86 bits per heavy atom. The van der Waals surface area contributed by atoms with Gasteiger partial charge in [0, 0.05) is 41.7 Å². The van der Waals surface area contributed by atoms with Crippen LogP contribution in [-0.4, -0.2) is 32.8 Å². The van der Waals surface area contributed by atoms with Crippen LogP contribution in [0.2, 0.25) is 0 Å². The summed E-state index contributed by atoms with van der Waals surface area (Å²) in [6.45, 7) is 4.86. The van der Waals surface area contributed by atoms with Gasteiger partial charge in [0.15, 0.2) is 0 Å². The van der Waals surface area contributed by atoms with Crippen LogP contribution in [0.25, 0.3) is 5.57 Å². The highest BCUT2D eigenvalue weighted by Gasteiger charge is 2.24. The second-order valence-electron chi connectivity index (χ2n) is 9.93. The lowest BCUT2D eigenvalue weighted by atomic mass is 9.91. The minimum Gasteiger partial charge on any atom is -0.393 e. The van der Waals surface area contributed by atoms with Gasteiger partial charge in [-0.2, -0.15) is 0 Å². The molecule has 1 aromatic carbocycles. The Balaban J connectivity index is 1.20. The third-order valence-corrected chi connectivity index (χ3v) is 7.31. The first-order valence-electron chi connectivity index (χ1n) is 12.8. The van der Waals surface area contributed by atoms with E-state index in [0.29, 0.717) is 0 Å². The van der Waals surface area contributed by atoms with E-state index in [2.05, 4.69) is 58.0 Å². The van der Waals surface area contributed by atoms with Gasteiger partial charge in [0.25, 0.3) is 0 Å². The molecule has 6 nitrogen and oxygen atoms in total. The average Bonchev–Trinajstić information content (AvgIpc) is 3.44. The van der Waals surface area contributed by atoms with E-state index in [9.17, 15) is 10.2 Å². The quantitative estimate of drug-likeness (QED) is 0.280. The molecule has 2 unspecified atom stereocenters. The summed E-state index contributed by atoms with van der Waals surface area (Å²) in [5.74, 6) is 0. The van der Waals surface area contributed by atoms with Gasteiger partial charge in [-0.3, -0.25) is 4.98 Å². The molecule has 35 heavy (non-hydrogen) atoms. The SMILES string of the molecule is Cc1cc(Nc2ccnc3c2CCC3O)ccc1NCCc1c[nH]c2c1CCC=C2CCC(C)O. The first-order chi connectivity index (χ1) is 17.0. The second-order valence-corrected chi connectivity index (χ2v) is 9.93. The summed E-state index contributed by atoms with van der Waals surface area (Å²) < 4.78 is 0. The maximum atomic E-state index is 10.1. The molecule has 0 aliphatic heterocycles. The smallest absolute Gasteiger partial charge is 0.0966 e. The number of benzene rings is 1. The van der Waals surface area contributed by atoms with Crippen LogP contribution in [0.3, 0.4) is 0 Å². The maximum absolute atomic E-state index is 10.1. The van der Waals surface area contributed by atoms with Gasteiger partial charge in [-0.25, -0.2) is 0 Å². The van der Waals surface area contributed by atoms with Gasteiger partial charge in [0.1, 0.15) is 0 Å². The predicted octanol–water partition coefficient (Wildman–Crippen LogP) is 5.59. The standard InChI is InChI=1S/C29H36N4O2/c1-18-16-22(33-26-13-15-31-29-24(26)9-11-27(29)35)8-10-25(18)30-14-12-21-17-32-28-20(7-6-19(2)34)4-3-5-23(21)28/h4,8,10,13,15-17,19,27,30,32,34-35H,3,5-7,9,11-12,14H2,1-2H3,(H,31,33).